The standard InChI is InChI=1S/C2H4FNO4S2/c3-10(5,6)4-9-7-1-2-8-9/h1-2H2. The van der Waals surface area contributed by atoms with E-state index in [0.29, 0.717) is 0 Å². The van der Waals surface area contributed by atoms with Crippen molar-refractivity contribution in [3.63, 3.8) is 0 Å². The minimum Gasteiger partial charge on any atom is -0.281 e. The molecule has 0 unspecified atom stereocenters. The highest BCUT2D eigenvalue weighted by molar-refractivity contribution is 7.93. The van der Waals surface area contributed by atoms with E-state index in [1.54, 1.807) is 0 Å². The second-order valence-electron chi connectivity index (χ2n) is 1.35. The van der Waals surface area contributed by atoms with Gasteiger partial charge >= 0.3 is 10.4 Å². The normalized spacial score (nSPS) is 21.3. The van der Waals surface area contributed by atoms with Crippen LogP contribution >= 0.6 is 0 Å². The van der Waals surface area contributed by atoms with Gasteiger partial charge in [-0.2, -0.15) is 8.42 Å². The van der Waals surface area contributed by atoms with E-state index >= 15 is 0 Å². The summed E-state index contributed by atoms with van der Waals surface area (Å²) in [6.07, 6.45) is 0. The quantitative estimate of drug-likeness (QED) is 0.539. The highest BCUT2D eigenvalue weighted by atomic mass is 32.3. The Morgan fingerprint density at radius 3 is 2.30 bits per heavy atom. The molecule has 0 N–H and O–H groups in total. The highest BCUT2D eigenvalue weighted by Gasteiger charge is 2.13. The molecular weight excluding hydrogens is 185 g/mol. The van der Waals surface area contributed by atoms with E-state index in [0.717, 1.165) is 0 Å². The zero-order chi connectivity index (χ0) is 7.61. The molecule has 0 amide bonds. The van der Waals surface area contributed by atoms with Gasteiger partial charge in [-0.3, -0.25) is 8.37 Å². The molecule has 5 nitrogen and oxygen atoms in total. The summed E-state index contributed by atoms with van der Waals surface area (Å²) >= 11 is -1.53. The van der Waals surface area contributed by atoms with E-state index in [9.17, 15) is 12.3 Å². The Hall–Kier alpha value is -0.0500. The highest BCUT2D eigenvalue weighted by Crippen LogP contribution is 2.06. The maximum atomic E-state index is 11.7. The summed E-state index contributed by atoms with van der Waals surface area (Å²) < 4.78 is 43.0. The number of rotatable bonds is 1. The van der Waals surface area contributed by atoms with Crippen molar-refractivity contribution >= 4 is 21.7 Å². The zero-order valence-corrected chi connectivity index (χ0v) is 6.32. The summed E-state index contributed by atoms with van der Waals surface area (Å²) in [5, 5.41) is 0. The van der Waals surface area contributed by atoms with Crippen molar-refractivity contribution in [2.45, 2.75) is 0 Å². The molecule has 0 saturated carbocycles. The van der Waals surface area contributed by atoms with Crippen LogP contribution in [0.1, 0.15) is 0 Å². The van der Waals surface area contributed by atoms with Gasteiger partial charge in [-0.1, -0.05) is 7.65 Å². The molecule has 0 aliphatic carbocycles. The van der Waals surface area contributed by atoms with E-state index in [4.69, 9.17) is 0 Å². The first-order chi connectivity index (χ1) is 4.58. The molecule has 1 aliphatic heterocycles. The molecule has 1 aliphatic rings. The largest absolute Gasteiger partial charge is 0.427 e. The van der Waals surface area contributed by atoms with Crippen LogP contribution in [0.3, 0.4) is 0 Å². The van der Waals surface area contributed by atoms with Gasteiger partial charge in [0.2, 0.25) is 0 Å². The Morgan fingerprint density at radius 2 is 1.90 bits per heavy atom. The molecule has 0 bridgehead atoms. The van der Waals surface area contributed by atoms with Gasteiger partial charge in [-0.25, -0.2) is 0 Å². The lowest BCUT2D eigenvalue weighted by Crippen LogP contribution is -1.91. The molecule has 0 aromatic heterocycles. The van der Waals surface area contributed by atoms with Crippen molar-refractivity contribution in [3.8, 4) is 0 Å². The number of hydrogen-bond donors (Lipinski definition) is 0. The summed E-state index contributed by atoms with van der Waals surface area (Å²) in [4.78, 5) is 0. The van der Waals surface area contributed by atoms with Gasteiger partial charge in [0.25, 0.3) is 0 Å². The smallest absolute Gasteiger partial charge is 0.281 e. The first-order valence-electron chi connectivity index (χ1n) is 2.26. The van der Waals surface area contributed by atoms with Gasteiger partial charge < -0.3 is 0 Å². The van der Waals surface area contributed by atoms with Gasteiger partial charge in [0.1, 0.15) is 0 Å². The summed E-state index contributed by atoms with van der Waals surface area (Å²) in [7, 11) is -4.82. The van der Waals surface area contributed by atoms with Crippen LogP contribution in [0.5, 0.6) is 0 Å². The van der Waals surface area contributed by atoms with Crippen LogP contribution in [-0.2, 0) is 30.0 Å². The monoisotopic (exact) mass is 189 g/mol. The molecule has 1 heterocycles. The molecule has 0 aromatic rings. The fourth-order valence-electron chi connectivity index (χ4n) is 0.360. The van der Waals surface area contributed by atoms with Crippen LogP contribution in [0.2, 0.25) is 0 Å². The molecule has 0 aromatic carbocycles. The van der Waals surface area contributed by atoms with Crippen LogP contribution in [-0.4, -0.2) is 21.6 Å². The van der Waals surface area contributed by atoms with E-state index in [1.165, 1.54) is 0 Å². The van der Waals surface area contributed by atoms with Crippen LogP contribution < -0.4 is 0 Å². The molecule has 0 spiro atoms. The third-order valence-corrected chi connectivity index (χ3v) is 2.54. The Balaban J connectivity index is 2.72. The fraction of sp³-hybridized carbons (Fsp3) is 1.00. The number of nitrogens with zero attached hydrogens (tertiary/aromatic N) is 1. The van der Waals surface area contributed by atoms with Crippen molar-refractivity contribution in [2.75, 3.05) is 13.2 Å². The predicted octanol–water partition coefficient (Wildman–Crippen LogP) is -0.121. The number of hydrogen-bond acceptors (Lipinski definition) is 4. The first kappa shape index (κ1) is 8.05. The maximum absolute atomic E-state index is 11.7. The Bertz CT molecular complexity index is 238. The second kappa shape index (κ2) is 2.91. The molecular formula is C2H4FNO4S2. The second-order valence-corrected chi connectivity index (χ2v) is 3.67. The summed E-state index contributed by atoms with van der Waals surface area (Å²) in [6.45, 7) is 0.504. The average Bonchev–Trinajstić information content (AvgIpc) is 2.12. The zero-order valence-electron chi connectivity index (χ0n) is 4.69. The fourth-order valence-corrected chi connectivity index (χ4v) is 1.78. The average molecular weight is 189 g/mol. The Labute approximate surface area is 60.0 Å². The van der Waals surface area contributed by atoms with E-state index in [2.05, 4.69) is 12.1 Å². The lowest BCUT2D eigenvalue weighted by Gasteiger charge is -1.89. The molecule has 10 heavy (non-hydrogen) atoms. The van der Waals surface area contributed by atoms with Gasteiger partial charge in [-0.15, -0.1) is 0 Å². The van der Waals surface area contributed by atoms with Crippen LogP contribution in [0, 0.1) is 0 Å². The Kier molecular flexibility index (Phi) is 2.34. The van der Waals surface area contributed by atoms with E-state index in [-0.39, 0.29) is 13.2 Å². The van der Waals surface area contributed by atoms with E-state index in [1.807, 2.05) is 0 Å². The topological polar surface area (TPSA) is 65.0 Å². The Morgan fingerprint density at radius 1 is 1.40 bits per heavy atom. The molecule has 0 radical (unpaired) electrons. The van der Waals surface area contributed by atoms with Crippen LogP contribution in [0.15, 0.2) is 3.77 Å². The minimum absolute atomic E-state index is 0.252. The molecule has 0 atom stereocenters. The van der Waals surface area contributed by atoms with E-state index < -0.39 is 21.7 Å². The van der Waals surface area contributed by atoms with Crippen molar-refractivity contribution in [3.05, 3.63) is 0 Å². The van der Waals surface area contributed by atoms with Crippen molar-refractivity contribution < 1.29 is 20.7 Å². The minimum atomic E-state index is -4.82. The molecule has 60 valence electrons. The summed E-state index contributed by atoms with van der Waals surface area (Å²) in [5.74, 6) is 0. The lowest BCUT2D eigenvalue weighted by molar-refractivity contribution is 0.365. The third kappa shape index (κ3) is 2.69. The number of halogens is 1. The molecule has 1 fully saturated rings. The van der Waals surface area contributed by atoms with Gasteiger partial charge in [-0.05, 0) is 0 Å². The van der Waals surface area contributed by atoms with Gasteiger partial charge in [0.15, 0.2) is 11.3 Å². The van der Waals surface area contributed by atoms with Crippen molar-refractivity contribution in [1.82, 2.24) is 0 Å². The summed E-state index contributed by atoms with van der Waals surface area (Å²) in [6, 6.07) is 0. The summed E-state index contributed by atoms with van der Waals surface area (Å²) in [5.41, 5.74) is 0. The molecule has 8 heteroatoms. The maximum Gasteiger partial charge on any atom is 0.427 e. The first-order valence-corrected chi connectivity index (χ1v) is 4.64. The third-order valence-electron chi connectivity index (χ3n) is 0.602. The molecule has 1 saturated heterocycles. The van der Waals surface area contributed by atoms with Gasteiger partial charge in [0.05, 0.1) is 13.2 Å². The van der Waals surface area contributed by atoms with Gasteiger partial charge in [0, 0.05) is 0 Å². The lowest BCUT2D eigenvalue weighted by atomic mass is 10.8. The predicted molar refractivity (Wildman–Crippen MR) is 31.7 cm³/mol. The van der Waals surface area contributed by atoms with Crippen LogP contribution in [0.25, 0.3) is 0 Å². The SMILES string of the molecule is O=S(=O)(F)N=S1OCCO1. The van der Waals surface area contributed by atoms with Crippen LogP contribution in [0.4, 0.5) is 3.89 Å². The molecule has 1 rings (SSSR count). The van der Waals surface area contributed by atoms with Crippen molar-refractivity contribution in [2.24, 2.45) is 3.77 Å². The van der Waals surface area contributed by atoms with Crippen molar-refractivity contribution in [1.29, 1.82) is 0 Å².